The fraction of sp³-hybridized carbons (Fsp3) is 0.200. The van der Waals surface area contributed by atoms with Crippen molar-refractivity contribution in [3.05, 3.63) is 26.9 Å². The fourth-order valence-corrected chi connectivity index (χ4v) is 2.13. The highest BCUT2D eigenvalue weighted by atomic mass is 35.5. The molecule has 0 bridgehead atoms. The summed E-state index contributed by atoms with van der Waals surface area (Å²) in [7, 11) is 1.57. The summed E-state index contributed by atoms with van der Waals surface area (Å²) in [6.07, 6.45) is 0. The Morgan fingerprint density at radius 3 is 2.76 bits per heavy atom. The number of imidazole rings is 1. The van der Waals surface area contributed by atoms with Crippen LogP contribution in [0.4, 0.5) is 0 Å². The maximum Gasteiger partial charge on any atom is 0.239 e. The van der Waals surface area contributed by atoms with Crippen molar-refractivity contribution in [3.8, 4) is 0 Å². The number of nitrogens with one attached hydrogen (secondary N) is 2. The number of aromatic amines is 1. The summed E-state index contributed by atoms with van der Waals surface area (Å²) in [5.41, 5.74) is 1.52. The minimum Gasteiger partial charge on any atom is -0.358 e. The first kappa shape index (κ1) is 12.4. The Kier molecular flexibility index (Phi) is 3.42. The number of rotatable bonds is 2. The molecule has 2 N–H and O–H groups in total. The molecule has 0 unspecified atom stereocenters. The molecule has 17 heavy (non-hydrogen) atoms. The summed E-state index contributed by atoms with van der Waals surface area (Å²) < 4.78 is 2.13. The van der Waals surface area contributed by atoms with Crippen LogP contribution in [0.3, 0.4) is 0 Å². The van der Waals surface area contributed by atoms with Gasteiger partial charge < -0.3 is 14.9 Å². The Labute approximate surface area is 113 Å². The molecule has 1 aromatic carbocycles. The van der Waals surface area contributed by atoms with Gasteiger partial charge in [0.25, 0.3) is 0 Å². The molecule has 7 heteroatoms. The molecule has 1 heterocycles. The van der Waals surface area contributed by atoms with Gasteiger partial charge in [0.15, 0.2) is 4.77 Å². The second-order valence-electron chi connectivity index (χ2n) is 3.47. The topological polar surface area (TPSA) is 49.8 Å². The van der Waals surface area contributed by atoms with Crippen LogP contribution in [0.5, 0.6) is 0 Å². The Hall–Kier alpha value is -1.04. The van der Waals surface area contributed by atoms with Crippen molar-refractivity contribution in [3.63, 3.8) is 0 Å². The third-order valence-electron chi connectivity index (χ3n) is 2.40. The van der Waals surface area contributed by atoms with Crippen molar-refractivity contribution < 1.29 is 4.79 Å². The van der Waals surface area contributed by atoms with Crippen LogP contribution in [0.1, 0.15) is 0 Å². The lowest BCUT2D eigenvalue weighted by Crippen LogP contribution is -2.23. The fourth-order valence-electron chi connectivity index (χ4n) is 1.53. The molecule has 0 spiro atoms. The molecule has 0 aliphatic heterocycles. The molecular weight excluding hydrogens is 281 g/mol. The molecule has 0 fully saturated rings. The predicted molar refractivity (Wildman–Crippen MR) is 71.2 cm³/mol. The molecule has 0 atom stereocenters. The van der Waals surface area contributed by atoms with Gasteiger partial charge in [0.05, 0.1) is 21.1 Å². The number of halogens is 2. The van der Waals surface area contributed by atoms with Gasteiger partial charge in [-0.15, -0.1) is 0 Å². The average Bonchev–Trinajstić information content (AvgIpc) is 2.56. The van der Waals surface area contributed by atoms with Gasteiger partial charge in [0.1, 0.15) is 6.54 Å². The molecule has 2 rings (SSSR count). The van der Waals surface area contributed by atoms with Gasteiger partial charge in [0, 0.05) is 7.05 Å². The van der Waals surface area contributed by atoms with Gasteiger partial charge in [-0.2, -0.15) is 0 Å². The maximum atomic E-state index is 11.4. The van der Waals surface area contributed by atoms with Crippen LogP contribution in [-0.4, -0.2) is 22.5 Å². The van der Waals surface area contributed by atoms with E-state index in [0.29, 0.717) is 14.8 Å². The number of likely N-dealkylation sites (N-methyl/N-ethyl adjacent to an activating group) is 1. The van der Waals surface area contributed by atoms with E-state index < -0.39 is 0 Å². The summed E-state index contributed by atoms with van der Waals surface area (Å²) in [6, 6.07) is 3.38. The highest BCUT2D eigenvalue weighted by Crippen LogP contribution is 2.27. The third-order valence-corrected chi connectivity index (χ3v) is 3.44. The molecule has 1 aromatic heterocycles. The molecule has 4 nitrogen and oxygen atoms in total. The number of nitrogens with zero attached hydrogens (tertiary/aromatic N) is 1. The monoisotopic (exact) mass is 289 g/mol. The van der Waals surface area contributed by atoms with Gasteiger partial charge >= 0.3 is 0 Å². The number of hydrogen-bond donors (Lipinski definition) is 2. The average molecular weight is 290 g/mol. The van der Waals surface area contributed by atoms with Crippen molar-refractivity contribution in [1.29, 1.82) is 0 Å². The van der Waals surface area contributed by atoms with Crippen molar-refractivity contribution in [2.24, 2.45) is 0 Å². The smallest absolute Gasteiger partial charge is 0.239 e. The summed E-state index contributed by atoms with van der Waals surface area (Å²) in [5, 5.41) is 3.42. The Morgan fingerprint density at radius 1 is 1.47 bits per heavy atom. The van der Waals surface area contributed by atoms with Crippen molar-refractivity contribution >= 4 is 52.4 Å². The van der Waals surface area contributed by atoms with Crippen molar-refractivity contribution in [1.82, 2.24) is 14.9 Å². The first-order valence-corrected chi connectivity index (χ1v) is 5.97. The standard InChI is InChI=1S/C10H9Cl2N3OS/c1-13-9(16)4-15-8-3-6(12)5(11)2-7(8)14-10(15)17/h2-3H,4H2,1H3,(H,13,16)(H,14,17). The van der Waals surface area contributed by atoms with Crippen LogP contribution in [0.15, 0.2) is 12.1 Å². The highest BCUT2D eigenvalue weighted by Gasteiger charge is 2.10. The number of amides is 1. The number of carbonyl (C=O) groups excluding carboxylic acids is 1. The number of carbonyl (C=O) groups is 1. The van der Waals surface area contributed by atoms with Gasteiger partial charge in [-0.3, -0.25) is 4.79 Å². The predicted octanol–water partition coefficient (Wildman–Crippen LogP) is 2.75. The van der Waals surface area contributed by atoms with E-state index in [4.69, 9.17) is 35.4 Å². The van der Waals surface area contributed by atoms with E-state index in [2.05, 4.69) is 10.3 Å². The van der Waals surface area contributed by atoms with E-state index in [1.165, 1.54) is 0 Å². The lowest BCUT2D eigenvalue weighted by molar-refractivity contribution is -0.121. The minimum absolute atomic E-state index is 0.131. The van der Waals surface area contributed by atoms with Crippen LogP contribution >= 0.6 is 35.4 Å². The Bertz CT molecular complexity index is 647. The van der Waals surface area contributed by atoms with E-state index in [-0.39, 0.29) is 12.5 Å². The lowest BCUT2D eigenvalue weighted by Gasteiger charge is -2.03. The van der Waals surface area contributed by atoms with E-state index in [1.807, 2.05) is 0 Å². The molecule has 2 aromatic rings. The zero-order valence-electron chi connectivity index (χ0n) is 8.88. The Morgan fingerprint density at radius 2 is 2.12 bits per heavy atom. The number of H-pyrrole nitrogens is 1. The number of benzene rings is 1. The Balaban J connectivity index is 2.62. The van der Waals surface area contributed by atoms with E-state index in [1.54, 1.807) is 23.7 Å². The van der Waals surface area contributed by atoms with Crippen molar-refractivity contribution in [2.75, 3.05) is 7.05 Å². The molecule has 0 saturated heterocycles. The molecular formula is C10H9Cl2N3OS. The van der Waals surface area contributed by atoms with Crippen molar-refractivity contribution in [2.45, 2.75) is 6.54 Å². The first-order chi connectivity index (χ1) is 8.02. The van der Waals surface area contributed by atoms with Crippen LogP contribution in [-0.2, 0) is 11.3 Å². The number of fused-ring (bicyclic) bond motifs is 1. The SMILES string of the molecule is CNC(=O)Cn1c(=S)[nH]c2cc(Cl)c(Cl)cc21. The maximum absolute atomic E-state index is 11.4. The van der Waals surface area contributed by atoms with E-state index in [0.717, 1.165) is 11.0 Å². The third kappa shape index (κ3) is 2.31. The lowest BCUT2D eigenvalue weighted by atomic mass is 10.3. The quantitative estimate of drug-likeness (QED) is 0.836. The zero-order chi connectivity index (χ0) is 12.6. The first-order valence-electron chi connectivity index (χ1n) is 4.81. The normalized spacial score (nSPS) is 10.8. The molecule has 90 valence electrons. The highest BCUT2D eigenvalue weighted by molar-refractivity contribution is 7.71. The minimum atomic E-state index is -0.131. The molecule has 1 amide bonds. The summed E-state index contributed by atoms with van der Waals surface area (Å²) in [4.78, 5) is 14.4. The van der Waals surface area contributed by atoms with Crippen LogP contribution < -0.4 is 5.32 Å². The van der Waals surface area contributed by atoms with Gasteiger partial charge in [-0.05, 0) is 24.4 Å². The largest absolute Gasteiger partial charge is 0.358 e. The molecule has 0 radical (unpaired) electrons. The van der Waals surface area contributed by atoms with E-state index in [9.17, 15) is 4.79 Å². The van der Waals surface area contributed by atoms with Gasteiger partial charge in [-0.25, -0.2) is 0 Å². The number of aromatic nitrogens is 2. The summed E-state index contributed by atoms with van der Waals surface area (Å²) >= 11 is 17.0. The molecule has 0 saturated carbocycles. The zero-order valence-corrected chi connectivity index (χ0v) is 11.2. The second-order valence-corrected chi connectivity index (χ2v) is 4.67. The number of hydrogen-bond acceptors (Lipinski definition) is 2. The van der Waals surface area contributed by atoms with Crippen LogP contribution in [0, 0.1) is 4.77 Å². The second kappa shape index (κ2) is 4.68. The molecule has 0 aliphatic rings. The van der Waals surface area contributed by atoms with Gasteiger partial charge in [-0.1, -0.05) is 23.2 Å². The summed E-state index contributed by atoms with van der Waals surface area (Å²) in [5.74, 6) is -0.131. The summed E-state index contributed by atoms with van der Waals surface area (Å²) in [6.45, 7) is 0.146. The van der Waals surface area contributed by atoms with Crippen LogP contribution in [0.25, 0.3) is 11.0 Å². The molecule has 0 aliphatic carbocycles. The van der Waals surface area contributed by atoms with Gasteiger partial charge in [0.2, 0.25) is 5.91 Å². The van der Waals surface area contributed by atoms with Crippen LogP contribution in [0.2, 0.25) is 10.0 Å². The van der Waals surface area contributed by atoms with E-state index >= 15 is 0 Å².